The van der Waals surface area contributed by atoms with Gasteiger partial charge in [0.2, 0.25) is 0 Å². The number of carbonyl (C=O) groups is 1. The molecular weight excluding hydrogens is 368 g/mol. The molecule has 0 spiro atoms. The molecule has 0 heterocycles. The summed E-state index contributed by atoms with van der Waals surface area (Å²) in [5, 5.41) is 0.887. The van der Waals surface area contributed by atoms with Gasteiger partial charge in [0.25, 0.3) is 0 Å². The minimum Gasteiger partial charge on any atom is -0.496 e. The van der Waals surface area contributed by atoms with Gasteiger partial charge in [0.1, 0.15) is 5.75 Å². The van der Waals surface area contributed by atoms with Crippen molar-refractivity contribution >= 4 is 21.9 Å². The van der Waals surface area contributed by atoms with Crippen molar-refractivity contribution in [2.75, 3.05) is 19.0 Å². The Kier molecular flexibility index (Phi) is 7.32. The van der Waals surface area contributed by atoms with E-state index in [0.29, 0.717) is 13.0 Å². The highest BCUT2D eigenvalue weighted by molar-refractivity contribution is 9.09. The number of hydrogen-bond acceptors (Lipinski definition) is 3. The highest BCUT2D eigenvalue weighted by atomic mass is 79.9. The molecule has 1 atom stereocenters. The first-order chi connectivity index (χ1) is 11.7. The molecule has 0 aliphatic carbocycles. The highest BCUT2D eigenvalue weighted by Gasteiger charge is 2.18. The molecule has 3 nitrogen and oxygen atoms in total. The van der Waals surface area contributed by atoms with Crippen LogP contribution in [0.25, 0.3) is 0 Å². The summed E-state index contributed by atoms with van der Waals surface area (Å²) < 4.78 is 10.6. The van der Waals surface area contributed by atoms with Crippen molar-refractivity contribution in [2.45, 2.75) is 25.7 Å². The molecule has 0 bridgehead atoms. The molecule has 0 saturated heterocycles. The Balaban J connectivity index is 2.32. The van der Waals surface area contributed by atoms with Crippen molar-refractivity contribution < 1.29 is 14.3 Å². The Morgan fingerprint density at radius 1 is 1.17 bits per heavy atom. The standard InChI is InChI=1S/C20H23BrO3/c1-3-24-20(22)14-15-7-6-8-16(13-15)17(11-12-21)18-9-4-5-10-19(18)23-2/h4-10,13,17H,3,11-12,14H2,1-2H3. The molecule has 4 heteroatoms. The number of carbonyl (C=O) groups excluding carboxylic acids is 1. The minimum absolute atomic E-state index is 0.191. The monoisotopic (exact) mass is 390 g/mol. The van der Waals surface area contributed by atoms with E-state index in [1.54, 1.807) is 7.11 Å². The third-order valence-corrected chi connectivity index (χ3v) is 4.38. The van der Waals surface area contributed by atoms with Crippen LogP contribution in [0.15, 0.2) is 48.5 Å². The average Bonchev–Trinajstić information content (AvgIpc) is 2.60. The van der Waals surface area contributed by atoms with Crippen LogP contribution in [0.5, 0.6) is 5.75 Å². The second-order valence-electron chi connectivity index (χ2n) is 5.50. The van der Waals surface area contributed by atoms with Crippen LogP contribution < -0.4 is 4.74 Å². The lowest BCUT2D eigenvalue weighted by Crippen LogP contribution is -2.09. The van der Waals surface area contributed by atoms with Crippen molar-refractivity contribution in [1.29, 1.82) is 0 Å². The number of halogens is 1. The fourth-order valence-electron chi connectivity index (χ4n) is 2.86. The Morgan fingerprint density at radius 2 is 1.96 bits per heavy atom. The number of benzene rings is 2. The van der Waals surface area contributed by atoms with Crippen molar-refractivity contribution in [3.05, 3.63) is 65.2 Å². The summed E-state index contributed by atoms with van der Waals surface area (Å²) >= 11 is 3.56. The molecule has 1 unspecified atom stereocenters. The summed E-state index contributed by atoms with van der Waals surface area (Å²) in [6.07, 6.45) is 1.25. The van der Waals surface area contributed by atoms with Crippen LogP contribution in [-0.2, 0) is 16.0 Å². The number of methoxy groups -OCH3 is 1. The molecule has 2 aromatic rings. The van der Waals surface area contributed by atoms with Crippen LogP contribution in [0.2, 0.25) is 0 Å². The largest absolute Gasteiger partial charge is 0.496 e. The number of ether oxygens (including phenoxy) is 2. The zero-order valence-corrected chi connectivity index (χ0v) is 15.7. The summed E-state index contributed by atoms with van der Waals surface area (Å²) in [7, 11) is 1.70. The molecule has 0 aliphatic rings. The van der Waals surface area contributed by atoms with Gasteiger partial charge in [0.15, 0.2) is 0 Å². The van der Waals surface area contributed by atoms with Gasteiger partial charge in [-0.05, 0) is 30.5 Å². The summed E-state index contributed by atoms with van der Waals surface area (Å²) in [6, 6.07) is 16.3. The van der Waals surface area contributed by atoms with Crippen LogP contribution in [0.4, 0.5) is 0 Å². The number of para-hydroxylation sites is 1. The summed E-state index contributed by atoms with van der Waals surface area (Å²) in [6.45, 7) is 2.23. The zero-order chi connectivity index (χ0) is 17.4. The second-order valence-corrected chi connectivity index (χ2v) is 6.29. The van der Waals surface area contributed by atoms with E-state index in [9.17, 15) is 4.79 Å². The first kappa shape index (κ1) is 18.5. The maximum atomic E-state index is 11.7. The molecule has 0 N–H and O–H groups in total. The van der Waals surface area contributed by atoms with Crippen LogP contribution >= 0.6 is 15.9 Å². The smallest absolute Gasteiger partial charge is 0.310 e. The summed E-state index contributed by atoms with van der Waals surface area (Å²) in [5.74, 6) is 0.908. The molecule has 24 heavy (non-hydrogen) atoms. The van der Waals surface area contributed by atoms with Crippen molar-refractivity contribution in [3.8, 4) is 5.75 Å². The normalized spacial score (nSPS) is 11.8. The van der Waals surface area contributed by atoms with E-state index in [0.717, 1.165) is 28.6 Å². The van der Waals surface area contributed by atoms with E-state index in [1.165, 1.54) is 5.56 Å². The number of alkyl halides is 1. The predicted molar refractivity (Wildman–Crippen MR) is 100 cm³/mol. The van der Waals surface area contributed by atoms with Crippen LogP contribution in [0.3, 0.4) is 0 Å². The van der Waals surface area contributed by atoms with Crippen LogP contribution in [0.1, 0.15) is 36.0 Å². The SMILES string of the molecule is CCOC(=O)Cc1cccc(C(CCBr)c2ccccc2OC)c1. The van der Waals surface area contributed by atoms with Gasteiger partial charge in [0.05, 0.1) is 20.1 Å². The lowest BCUT2D eigenvalue weighted by molar-refractivity contribution is -0.142. The third-order valence-electron chi connectivity index (χ3n) is 3.92. The quantitative estimate of drug-likeness (QED) is 0.483. The van der Waals surface area contributed by atoms with Gasteiger partial charge in [-0.2, -0.15) is 0 Å². The Labute approximate surface area is 152 Å². The lowest BCUT2D eigenvalue weighted by atomic mass is 9.87. The van der Waals surface area contributed by atoms with E-state index in [2.05, 4.69) is 34.1 Å². The Bertz CT molecular complexity index is 669. The number of hydrogen-bond donors (Lipinski definition) is 0. The van der Waals surface area contributed by atoms with E-state index in [4.69, 9.17) is 9.47 Å². The maximum absolute atomic E-state index is 11.7. The topological polar surface area (TPSA) is 35.5 Å². The zero-order valence-electron chi connectivity index (χ0n) is 14.1. The molecular formula is C20H23BrO3. The Morgan fingerprint density at radius 3 is 2.67 bits per heavy atom. The molecule has 128 valence electrons. The average molecular weight is 391 g/mol. The molecule has 0 saturated carbocycles. The van der Waals surface area contributed by atoms with Gasteiger partial charge < -0.3 is 9.47 Å². The fourth-order valence-corrected chi connectivity index (χ4v) is 3.32. The van der Waals surface area contributed by atoms with Gasteiger partial charge in [-0.1, -0.05) is 58.4 Å². The molecule has 0 radical (unpaired) electrons. The second kappa shape index (κ2) is 9.48. The lowest BCUT2D eigenvalue weighted by Gasteiger charge is -2.20. The maximum Gasteiger partial charge on any atom is 0.310 e. The van der Waals surface area contributed by atoms with Gasteiger partial charge in [0, 0.05) is 16.8 Å². The molecule has 0 fully saturated rings. The van der Waals surface area contributed by atoms with E-state index >= 15 is 0 Å². The highest BCUT2D eigenvalue weighted by Crippen LogP contribution is 2.35. The van der Waals surface area contributed by atoms with Crippen molar-refractivity contribution in [3.63, 3.8) is 0 Å². The Hall–Kier alpha value is -1.81. The van der Waals surface area contributed by atoms with Gasteiger partial charge in [-0.25, -0.2) is 0 Å². The number of esters is 1. The predicted octanol–water partition coefficient (Wildman–Crippen LogP) is 4.72. The molecule has 0 aromatic heterocycles. The van der Waals surface area contributed by atoms with Crippen LogP contribution in [-0.4, -0.2) is 25.0 Å². The van der Waals surface area contributed by atoms with E-state index in [-0.39, 0.29) is 11.9 Å². The van der Waals surface area contributed by atoms with E-state index < -0.39 is 0 Å². The summed E-state index contributed by atoms with van der Waals surface area (Å²) in [5.41, 5.74) is 3.31. The van der Waals surface area contributed by atoms with Gasteiger partial charge >= 0.3 is 5.97 Å². The van der Waals surface area contributed by atoms with Crippen molar-refractivity contribution in [1.82, 2.24) is 0 Å². The van der Waals surface area contributed by atoms with Gasteiger partial charge in [-0.3, -0.25) is 4.79 Å². The molecule has 2 rings (SSSR count). The third kappa shape index (κ3) is 4.84. The first-order valence-electron chi connectivity index (χ1n) is 8.13. The molecule has 0 aliphatic heterocycles. The van der Waals surface area contributed by atoms with E-state index in [1.807, 2.05) is 37.3 Å². The van der Waals surface area contributed by atoms with Crippen molar-refractivity contribution in [2.24, 2.45) is 0 Å². The number of rotatable bonds is 8. The van der Waals surface area contributed by atoms with Crippen LogP contribution in [0, 0.1) is 0 Å². The molecule has 0 amide bonds. The van der Waals surface area contributed by atoms with Gasteiger partial charge in [-0.15, -0.1) is 0 Å². The fraction of sp³-hybridized carbons (Fsp3) is 0.350. The molecule has 2 aromatic carbocycles. The minimum atomic E-state index is -0.191. The first-order valence-corrected chi connectivity index (χ1v) is 9.25. The summed E-state index contributed by atoms with van der Waals surface area (Å²) in [4.78, 5) is 11.7.